The molecule has 0 saturated heterocycles. The summed E-state index contributed by atoms with van der Waals surface area (Å²) in [4.78, 5) is 4.21. The van der Waals surface area contributed by atoms with Gasteiger partial charge in [-0.2, -0.15) is 31.6 Å². The van der Waals surface area contributed by atoms with Crippen molar-refractivity contribution in [3.8, 4) is 6.07 Å². The number of nitriles is 1. The topological polar surface area (TPSA) is 53.6 Å². The standard InChI is InChI=1S/C24H18F6N4/c1-14(2)22(16-10-17(23(25,26)27)12-18(11-16)24(28,29)30)19(13-31)20(15-6-4-3-5-7-15)33-21-32-8-9-34(21)22/h3-12,14H,1-2H3,(H,32,33). The van der Waals surface area contributed by atoms with Gasteiger partial charge in [-0.3, -0.25) is 0 Å². The number of fused-ring (bicyclic) bond motifs is 1. The molecule has 1 aromatic heterocycles. The second kappa shape index (κ2) is 7.94. The average molecular weight is 476 g/mol. The van der Waals surface area contributed by atoms with Crippen LogP contribution in [0.15, 0.2) is 66.5 Å². The summed E-state index contributed by atoms with van der Waals surface area (Å²) in [5.74, 6) is -0.446. The van der Waals surface area contributed by atoms with Gasteiger partial charge in [-0.15, -0.1) is 0 Å². The summed E-state index contributed by atoms with van der Waals surface area (Å²) in [5, 5.41) is 13.3. The Morgan fingerprint density at radius 2 is 1.56 bits per heavy atom. The van der Waals surface area contributed by atoms with Gasteiger partial charge in [0.2, 0.25) is 5.95 Å². The van der Waals surface area contributed by atoms with Gasteiger partial charge in [0.15, 0.2) is 0 Å². The first-order chi connectivity index (χ1) is 15.9. The van der Waals surface area contributed by atoms with Gasteiger partial charge in [0.1, 0.15) is 5.54 Å². The Kier molecular flexibility index (Phi) is 5.47. The first-order valence-corrected chi connectivity index (χ1v) is 10.2. The second-order valence-corrected chi connectivity index (χ2v) is 8.19. The number of nitrogens with one attached hydrogen (secondary N) is 1. The molecule has 0 bridgehead atoms. The first-order valence-electron chi connectivity index (χ1n) is 10.2. The molecule has 2 heterocycles. The Labute approximate surface area is 191 Å². The van der Waals surface area contributed by atoms with Crippen molar-refractivity contribution >= 4 is 11.6 Å². The van der Waals surface area contributed by atoms with E-state index in [1.165, 1.54) is 17.0 Å². The van der Waals surface area contributed by atoms with Crippen molar-refractivity contribution in [1.82, 2.24) is 9.55 Å². The molecule has 1 unspecified atom stereocenters. The van der Waals surface area contributed by atoms with E-state index in [2.05, 4.69) is 16.4 Å². The number of benzene rings is 2. The van der Waals surface area contributed by atoms with E-state index in [-0.39, 0.29) is 28.8 Å². The van der Waals surface area contributed by atoms with Crippen molar-refractivity contribution in [2.75, 3.05) is 5.32 Å². The Morgan fingerprint density at radius 1 is 0.971 bits per heavy atom. The molecule has 1 N–H and O–H groups in total. The summed E-state index contributed by atoms with van der Waals surface area (Å²) < 4.78 is 83.7. The molecule has 34 heavy (non-hydrogen) atoms. The van der Waals surface area contributed by atoms with Crippen LogP contribution in [-0.2, 0) is 17.9 Å². The van der Waals surface area contributed by atoms with E-state index in [1.54, 1.807) is 44.2 Å². The van der Waals surface area contributed by atoms with Gasteiger partial charge < -0.3 is 9.88 Å². The van der Waals surface area contributed by atoms with E-state index in [0.29, 0.717) is 17.7 Å². The van der Waals surface area contributed by atoms with Gasteiger partial charge in [-0.1, -0.05) is 44.2 Å². The number of anilines is 1. The van der Waals surface area contributed by atoms with Crippen LogP contribution in [-0.4, -0.2) is 9.55 Å². The lowest BCUT2D eigenvalue weighted by Crippen LogP contribution is -2.46. The largest absolute Gasteiger partial charge is 0.416 e. The molecule has 10 heteroatoms. The van der Waals surface area contributed by atoms with Crippen molar-refractivity contribution < 1.29 is 26.3 Å². The Bertz CT molecular complexity index is 1260. The quantitative estimate of drug-likeness (QED) is 0.429. The van der Waals surface area contributed by atoms with Crippen molar-refractivity contribution in [3.05, 3.63) is 88.8 Å². The lowest BCUT2D eigenvalue weighted by molar-refractivity contribution is -0.143. The zero-order chi connectivity index (χ0) is 24.9. The molecule has 4 rings (SSSR count). The van der Waals surface area contributed by atoms with Crippen molar-refractivity contribution in [2.45, 2.75) is 31.7 Å². The highest BCUT2D eigenvalue weighted by atomic mass is 19.4. The fraction of sp³-hybridized carbons (Fsp3) is 0.250. The number of allylic oxidation sites excluding steroid dienone is 1. The van der Waals surface area contributed by atoms with E-state index < -0.39 is 34.9 Å². The monoisotopic (exact) mass is 476 g/mol. The lowest BCUT2D eigenvalue weighted by atomic mass is 9.71. The molecule has 1 aliphatic heterocycles. The third-order valence-corrected chi connectivity index (χ3v) is 5.93. The summed E-state index contributed by atoms with van der Waals surface area (Å²) in [6, 6.07) is 12.1. The molecule has 3 aromatic rings. The van der Waals surface area contributed by atoms with Gasteiger partial charge in [0.25, 0.3) is 0 Å². The summed E-state index contributed by atoms with van der Waals surface area (Å²) in [5.41, 5.74) is -4.12. The predicted octanol–water partition coefficient (Wildman–Crippen LogP) is 6.68. The maximum atomic E-state index is 13.7. The molecule has 176 valence electrons. The van der Waals surface area contributed by atoms with Crippen LogP contribution in [0.4, 0.5) is 32.3 Å². The third kappa shape index (κ3) is 3.61. The number of imidazole rings is 1. The van der Waals surface area contributed by atoms with Gasteiger partial charge >= 0.3 is 12.4 Å². The molecule has 0 fully saturated rings. The molecule has 1 atom stereocenters. The van der Waals surface area contributed by atoms with Gasteiger partial charge in [0, 0.05) is 12.4 Å². The van der Waals surface area contributed by atoms with E-state index in [9.17, 15) is 31.6 Å². The zero-order valence-electron chi connectivity index (χ0n) is 18.0. The molecule has 4 nitrogen and oxygen atoms in total. The molecule has 0 radical (unpaired) electrons. The molecule has 0 amide bonds. The minimum Gasteiger partial charge on any atom is -0.324 e. The maximum absolute atomic E-state index is 13.7. The van der Waals surface area contributed by atoms with Crippen LogP contribution in [0.1, 0.15) is 36.1 Å². The number of halogens is 6. The fourth-order valence-electron chi connectivity index (χ4n) is 4.49. The Hall–Kier alpha value is -3.74. The van der Waals surface area contributed by atoms with Crippen LogP contribution in [0.2, 0.25) is 0 Å². The highest BCUT2D eigenvalue weighted by Crippen LogP contribution is 2.50. The summed E-state index contributed by atoms with van der Waals surface area (Å²) in [6.45, 7) is 3.28. The van der Waals surface area contributed by atoms with Gasteiger partial charge in [-0.25, -0.2) is 4.98 Å². The van der Waals surface area contributed by atoms with E-state index in [0.717, 1.165) is 0 Å². The van der Waals surface area contributed by atoms with Crippen LogP contribution >= 0.6 is 0 Å². The SMILES string of the molecule is CC(C)C1(c2cc(C(F)(F)F)cc(C(F)(F)F)c2)C(C#N)=C(c2ccccc2)Nc2nccn21. The summed E-state index contributed by atoms with van der Waals surface area (Å²) >= 11 is 0. The molecule has 1 aliphatic rings. The maximum Gasteiger partial charge on any atom is 0.416 e. The first kappa shape index (κ1) is 23.4. The molecule has 0 saturated carbocycles. The average Bonchev–Trinajstić information content (AvgIpc) is 3.25. The highest BCUT2D eigenvalue weighted by Gasteiger charge is 2.49. The van der Waals surface area contributed by atoms with E-state index >= 15 is 0 Å². The van der Waals surface area contributed by atoms with Crippen molar-refractivity contribution in [3.63, 3.8) is 0 Å². The molecule has 2 aromatic carbocycles. The summed E-state index contributed by atoms with van der Waals surface area (Å²) in [7, 11) is 0. The molecule has 0 spiro atoms. The molecular weight excluding hydrogens is 458 g/mol. The second-order valence-electron chi connectivity index (χ2n) is 8.19. The molecule has 0 aliphatic carbocycles. The van der Waals surface area contributed by atoms with Crippen LogP contribution in [0.25, 0.3) is 5.70 Å². The Balaban J connectivity index is 2.16. The minimum absolute atomic E-state index is 0.0216. The highest BCUT2D eigenvalue weighted by molar-refractivity contribution is 5.84. The fourth-order valence-corrected chi connectivity index (χ4v) is 4.49. The number of alkyl halides is 6. The van der Waals surface area contributed by atoms with Crippen LogP contribution in [0.5, 0.6) is 0 Å². The number of aromatic nitrogens is 2. The number of nitrogens with zero attached hydrogens (tertiary/aromatic N) is 3. The van der Waals surface area contributed by atoms with Crippen molar-refractivity contribution in [2.24, 2.45) is 5.92 Å². The smallest absolute Gasteiger partial charge is 0.324 e. The summed E-state index contributed by atoms with van der Waals surface area (Å²) in [6.07, 6.45) is -7.25. The van der Waals surface area contributed by atoms with E-state index in [4.69, 9.17) is 0 Å². The predicted molar refractivity (Wildman–Crippen MR) is 113 cm³/mol. The van der Waals surface area contributed by atoms with Crippen LogP contribution in [0, 0.1) is 17.2 Å². The lowest BCUT2D eigenvalue weighted by Gasteiger charge is -2.44. The van der Waals surface area contributed by atoms with Gasteiger partial charge in [0.05, 0.1) is 28.5 Å². The number of hydrogen-bond donors (Lipinski definition) is 1. The number of rotatable bonds is 3. The van der Waals surface area contributed by atoms with E-state index in [1.807, 2.05) is 0 Å². The van der Waals surface area contributed by atoms with Crippen LogP contribution < -0.4 is 5.32 Å². The Morgan fingerprint density at radius 3 is 2.06 bits per heavy atom. The van der Waals surface area contributed by atoms with Crippen LogP contribution in [0.3, 0.4) is 0 Å². The zero-order valence-corrected chi connectivity index (χ0v) is 18.0. The van der Waals surface area contributed by atoms with Gasteiger partial charge in [-0.05, 0) is 35.2 Å². The normalized spacial score (nSPS) is 18.5. The minimum atomic E-state index is -5.03. The molecular formula is C24H18F6N4. The van der Waals surface area contributed by atoms with Crippen molar-refractivity contribution in [1.29, 1.82) is 5.26 Å². The number of hydrogen-bond acceptors (Lipinski definition) is 3. The third-order valence-electron chi connectivity index (χ3n) is 5.93.